The van der Waals surface area contributed by atoms with E-state index in [4.69, 9.17) is 0 Å². The van der Waals surface area contributed by atoms with Gasteiger partial charge in [-0.1, -0.05) is 291 Å². The maximum atomic E-state index is 4.09. The van der Waals surface area contributed by atoms with Crippen LogP contribution < -0.4 is 22.3 Å². The molecule has 1 N–H and O–H groups in total. The minimum atomic E-state index is 0. The van der Waals surface area contributed by atoms with Crippen molar-refractivity contribution in [2.75, 3.05) is 6.54 Å². The average molecular weight is 919 g/mol. The molecule has 2 unspecified atom stereocenters. The molecule has 0 aromatic carbocycles. The molecular weight excluding hydrogens is 798 g/mol. The van der Waals surface area contributed by atoms with Gasteiger partial charge in [-0.05, 0) is 56.4 Å². The molecule has 0 bridgehead atoms. The van der Waals surface area contributed by atoms with Gasteiger partial charge in [-0.15, -0.1) is 0 Å². The van der Waals surface area contributed by atoms with Crippen LogP contribution in [0, 0.1) is 17.8 Å². The minimum Gasteiger partial charge on any atom is -1.00 e. The summed E-state index contributed by atoms with van der Waals surface area (Å²) in [6.07, 6.45) is 72.0. The van der Waals surface area contributed by atoms with Crippen LogP contribution in [-0.4, -0.2) is 17.2 Å². The number of nitrogens with one attached hydrogen (secondary N) is 1. The van der Waals surface area contributed by atoms with E-state index in [0.717, 1.165) is 24.3 Å². The maximum absolute atomic E-state index is 4.09. The minimum absolute atomic E-state index is 0. The summed E-state index contributed by atoms with van der Waals surface area (Å²) < 4.78 is 4.50. The highest BCUT2D eigenvalue weighted by atomic mass is 35.5. The van der Waals surface area contributed by atoms with Crippen molar-refractivity contribution < 1.29 is 17.0 Å². The van der Waals surface area contributed by atoms with Gasteiger partial charge < -0.3 is 17.7 Å². The van der Waals surface area contributed by atoms with Crippen molar-refractivity contribution >= 4 is 0 Å². The number of hydrogen-bond acceptors (Lipinski definition) is 1. The van der Waals surface area contributed by atoms with Gasteiger partial charge in [0.2, 0.25) is 6.33 Å². The van der Waals surface area contributed by atoms with Crippen LogP contribution in [0.25, 0.3) is 0 Å². The van der Waals surface area contributed by atoms with Crippen LogP contribution in [0.4, 0.5) is 0 Å². The molecule has 0 fully saturated rings. The van der Waals surface area contributed by atoms with Gasteiger partial charge in [0.25, 0.3) is 0 Å². The predicted molar refractivity (Wildman–Crippen MR) is 284 cm³/mol. The van der Waals surface area contributed by atoms with E-state index in [1.54, 1.807) is 0 Å². The van der Waals surface area contributed by atoms with Gasteiger partial charge in [0, 0.05) is 6.04 Å². The van der Waals surface area contributed by atoms with Gasteiger partial charge in [0.1, 0.15) is 12.4 Å². The van der Waals surface area contributed by atoms with Gasteiger partial charge in [-0.25, -0.2) is 9.13 Å². The second-order valence-corrected chi connectivity index (χ2v) is 22.0. The second-order valence-electron chi connectivity index (χ2n) is 22.0. The number of aryl methyl sites for hydroxylation is 2. The monoisotopic (exact) mass is 918 g/mol. The summed E-state index contributed by atoms with van der Waals surface area (Å²) in [7, 11) is 2.12. The van der Waals surface area contributed by atoms with Gasteiger partial charge in [-0.2, -0.15) is 0 Å². The number of hydrogen-bond donors (Lipinski definition) is 1. The molecule has 0 radical (unpaired) electrons. The molecule has 3 nitrogen and oxygen atoms in total. The quantitative estimate of drug-likeness (QED) is 0.0510. The third kappa shape index (κ3) is 45.3. The summed E-state index contributed by atoms with van der Waals surface area (Å²) in [5, 5.41) is 4.09. The average Bonchev–Trinajstić information content (AvgIpc) is 3.69. The number of halogens is 1. The zero-order valence-corrected chi connectivity index (χ0v) is 45.8. The van der Waals surface area contributed by atoms with Crippen molar-refractivity contribution in [1.29, 1.82) is 0 Å². The maximum Gasteiger partial charge on any atom is 0.243 e. The summed E-state index contributed by atoms with van der Waals surface area (Å²) >= 11 is 0. The summed E-state index contributed by atoms with van der Waals surface area (Å²) in [6, 6.07) is 0.709. The lowest BCUT2D eigenvalue weighted by atomic mass is 9.88. The fourth-order valence-electron chi connectivity index (χ4n) is 10.4. The lowest BCUT2D eigenvalue weighted by molar-refractivity contribution is -0.671. The normalized spacial score (nSPS) is 12.8. The van der Waals surface area contributed by atoms with Crippen molar-refractivity contribution in [1.82, 2.24) is 9.88 Å². The van der Waals surface area contributed by atoms with Gasteiger partial charge in [-0.3, -0.25) is 0 Å². The largest absolute Gasteiger partial charge is 1.00 e. The first kappa shape index (κ1) is 63.5. The SMILES string of the molecule is CCCCCCCCCCCCCCCCCCC(CCCCCCCCCCCCCCCCCC)CCCCC(CCC(C)CCCC(C)C)NCCCCn1cc[n+](C)c1.[Cl-]. The molecule has 382 valence electrons. The third-order valence-corrected chi connectivity index (χ3v) is 14.9. The van der Waals surface area contributed by atoms with E-state index in [2.05, 4.69) is 74.8 Å². The summed E-state index contributed by atoms with van der Waals surface area (Å²) in [4.78, 5) is 0. The van der Waals surface area contributed by atoms with Crippen molar-refractivity contribution in [2.45, 2.75) is 336 Å². The van der Waals surface area contributed by atoms with E-state index < -0.39 is 0 Å². The molecule has 0 amide bonds. The summed E-state index contributed by atoms with van der Waals surface area (Å²) in [5.74, 6) is 2.69. The van der Waals surface area contributed by atoms with Crippen LogP contribution in [0.3, 0.4) is 0 Å². The zero-order valence-electron chi connectivity index (χ0n) is 45.0. The topological polar surface area (TPSA) is 20.8 Å². The van der Waals surface area contributed by atoms with Gasteiger partial charge >= 0.3 is 0 Å². The van der Waals surface area contributed by atoms with Crippen molar-refractivity contribution in [3.8, 4) is 0 Å². The van der Waals surface area contributed by atoms with Crippen molar-refractivity contribution in [3.05, 3.63) is 18.7 Å². The highest BCUT2D eigenvalue weighted by Gasteiger charge is 2.14. The van der Waals surface area contributed by atoms with Crippen LogP contribution in [0.1, 0.15) is 324 Å². The Balaban J connectivity index is 0.0000397. The van der Waals surface area contributed by atoms with Gasteiger partial charge in [0.15, 0.2) is 0 Å². The van der Waals surface area contributed by atoms with Crippen LogP contribution in [0.5, 0.6) is 0 Å². The van der Waals surface area contributed by atoms with Crippen LogP contribution >= 0.6 is 0 Å². The number of nitrogens with zero attached hydrogens (tertiary/aromatic N) is 2. The molecule has 0 saturated carbocycles. The molecule has 64 heavy (non-hydrogen) atoms. The number of unbranched alkanes of at least 4 members (excludes halogenated alkanes) is 32. The highest BCUT2D eigenvalue weighted by Crippen LogP contribution is 2.26. The Bertz CT molecular complexity index is 971. The van der Waals surface area contributed by atoms with E-state index in [-0.39, 0.29) is 12.4 Å². The molecule has 0 spiro atoms. The van der Waals surface area contributed by atoms with Crippen molar-refractivity contribution in [2.24, 2.45) is 24.8 Å². The molecule has 0 saturated heterocycles. The standard InChI is InChI=1S/C60H120N3.ClH/c1-7-9-11-13-15-17-19-21-23-25-27-29-31-33-35-37-46-59(47-38-36-34-32-30-28-26-24-22-20-18-16-14-12-10-8-2)48-39-40-49-60(51-50-58(5)45-43-44-57(3)4)61-52-41-42-53-63-55-54-62(6)56-63;/h54-61H,7-53H2,1-6H3;1H/q+1;/p-1. The zero-order chi connectivity index (χ0) is 45.5. The fourth-order valence-corrected chi connectivity index (χ4v) is 10.4. The molecule has 0 aliphatic carbocycles. The second kappa shape index (κ2) is 50.3. The Morgan fingerprint density at radius 3 is 1.19 bits per heavy atom. The van der Waals surface area contributed by atoms with E-state index in [0.29, 0.717) is 6.04 Å². The third-order valence-electron chi connectivity index (χ3n) is 14.9. The Morgan fingerprint density at radius 1 is 0.406 bits per heavy atom. The molecular formula is C60H120ClN3. The molecule has 0 aliphatic rings. The molecule has 1 aromatic heterocycles. The van der Waals surface area contributed by atoms with Crippen molar-refractivity contribution in [3.63, 3.8) is 0 Å². The van der Waals surface area contributed by atoms with Crippen LogP contribution in [-0.2, 0) is 13.6 Å². The number of imidazole rings is 1. The molecule has 4 heteroatoms. The Kier molecular flexibility index (Phi) is 49.9. The summed E-state index contributed by atoms with van der Waals surface area (Å²) in [6.45, 7) is 14.3. The molecule has 0 aliphatic heterocycles. The van der Waals surface area contributed by atoms with E-state index >= 15 is 0 Å². The number of rotatable bonds is 52. The first-order valence-corrected chi connectivity index (χ1v) is 29.7. The number of aromatic nitrogens is 2. The molecule has 1 rings (SSSR count). The smallest absolute Gasteiger partial charge is 0.243 e. The van der Waals surface area contributed by atoms with Gasteiger partial charge in [0.05, 0.1) is 13.6 Å². The van der Waals surface area contributed by atoms with Crippen LogP contribution in [0.2, 0.25) is 0 Å². The molecule has 1 heterocycles. The fraction of sp³-hybridized carbons (Fsp3) is 0.950. The predicted octanol–water partition coefficient (Wildman–Crippen LogP) is 16.8. The lowest BCUT2D eigenvalue weighted by Crippen LogP contribution is -3.00. The van der Waals surface area contributed by atoms with E-state index in [1.807, 2.05) is 0 Å². The summed E-state index contributed by atoms with van der Waals surface area (Å²) in [5.41, 5.74) is 0. The lowest BCUT2D eigenvalue weighted by Gasteiger charge is -2.22. The first-order chi connectivity index (χ1) is 30.9. The Morgan fingerprint density at radius 2 is 0.797 bits per heavy atom. The molecule has 2 atom stereocenters. The Labute approximate surface area is 411 Å². The van der Waals surface area contributed by atoms with Crippen LogP contribution in [0.15, 0.2) is 18.7 Å². The highest BCUT2D eigenvalue weighted by molar-refractivity contribution is 4.72. The van der Waals surface area contributed by atoms with E-state index in [9.17, 15) is 0 Å². The van der Waals surface area contributed by atoms with E-state index in [1.165, 1.54) is 295 Å². The first-order valence-electron chi connectivity index (χ1n) is 29.7. The Hall–Kier alpha value is -0.540. The molecule has 1 aromatic rings.